The molecule has 1 aromatic heterocycles. The molecule has 0 amide bonds. The number of hydrogen-bond donors (Lipinski definition) is 1. The molecule has 2 aromatic rings. The normalized spacial score (nSPS) is 10.4. The average molecular weight is 352 g/mol. The van der Waals surface area contributed by atoms with Crippen molar-refractivity contribution < 1.29 is 14.6 Å². The summed E-state index contributed by atoms with van der Waals surface area (Å²) in [6, 6.07) is 10.3. The highest BCUT2D eigenvalue weighted by atomic mass is 79.9. The molecule has 21 heavy (non-hydrogen) atoms. The van der Waals surface area contributed by atoms with E-state index < -0.39 is 11.5 Å². The highest BCUT2D eigenvalue weighted by Crippen LogP contribution is 2.17. The molecule has 0 atom stereocenters. The van der Waals surface area contributed by atoms with Crippen molar-refractivity contribution in [3.05, 3.63) is 62.5 Å². The fourth-order valence-electron chi connectivity index (χ4n) is 1.92. The number of aromatic nitrogens is 1. The molecular weight excluding hydrogens is 338 g/mol. The van der Waals surface area contributed by atoms with Gasteiger partial charge in [-0.2, -0.15) is 0 Å². The van der Waals surface area contributed by atoms with E-state index in [1.807, 2.05) is 24.3 Å². The fourth-order valence-corrected chi connectivity index (χ4v) is 2.30. The van der Waals surface area contributed by atoms with Crippen molar-refractivity contribution in [3.63, 3.8) is 0 Å². The van der Waals surface area contributed by atoms with E-state index in [4.69, 9.17) is 9.84 Å². The number of carboxylic acid groups (broad SMARTS) is 1. The van der Waals surface area contributed by atoms with Crippen molar-refractivity contribution in [2.24, 2.45) is 0 Å². The predicted molar refractivity (Wildman–Crippen MR) is 82.0 cm³/mol. The van der Waals surface area contributed by atoms with Crippen LogP contribution in [0.1, 0.15) is 16.1 Å². The Labute approximate surface area is 129 Å². The number of hydrogen-bond acceptors (Lipinski definition) is 3. The second-order valence-corrected chi connectivity index (χ2v) is 5.37. The fraction of sp³-hybridized carbons (Fsp3) is 0.200. The van der Waals surface area contributed by atoms with Crippen LogP contribution in [0.3, 0.4) is 0 Å². The van der Waals surface area contributed by atoms with Crippen LogP contribution < -0.4 is 10.3 Å². The Morgan fingerprint density at radius 3 is 2.76 bits per heavy atom. The summed E-state index contributed by atoms with van der Waals surface area (Å²) in [4.78, 5) is 23.0. The SMILES string of the molecule is Cc1ccc(C(=O)O)c(=O)n1CCOc1cccc(Br)c1. The maximum absolute atomic E-state index is 12.0. The summed E-state index contributed by atoms with van der Waals surface area (Å²) in [5.74, 6) is -0.536. The van der Waals surface area contributed by atoms with Crippen LogP contribution in [0.5, 0.6) is 5.75 Å². The molecule has 1 N–H and O–H groups in total. The predicted octanol–water partition coefficient (Wildman–Crippen LogP) is 2.70. The van der Waals surface area contributed by atoms with Gasteiger partial charge >= 0.3 is 5.97 Å². The standard InChI is InChI=1S/C15H14BrNO4/c1-10-5-6-13(15(19)20)14(18)17(10)7-8-21-12-4-2-3-11(16)9-12/h2-6,9H,7-8H2,1H3,(H,19,20). The van der Waals surface area contributed by atoms with Gasteiger partial charge in [0.15, 0.2) is 0 Å². The van der Waals surface area contributed by atoms with Gasteiger partial charge in [-0.15, -0.1) is 0 Å². The number of ether oxygens (including phenoxy) is 1. The number of pyridine rings is 1. The van der Waals surface area contributed by atoms with Crippen LogP contribution in [-0.4, -0.2) is 22.2 Å². The summed E-state index contributed by atoms with van der Waals surface area (Å²) in [6.45, 7) is 2.32. The number of aromatic carboxylic acids is 1. The van der Waals surface area contributed by atoms with Gasteiger partial charge in [0.2, 0.25) is 0 Å². The number of carboxylic acids is 1. The monoisotopic (exact) mass is 351 g/mol. The largest absolute Gasteiger partial charge is 0.492 e. The third-order valence-electron chi connectivity index (χ3n) is 3.00. The number of nitrogens with zero attached hydrogens (tertiary/aromatic N) is 1. The van der Waals surface area contributed by atoms with E-state index in [0.29, 0.717) is 11.4 Å². The van der Waals surface area contributed by atoms with E-state index >= 15 is 0 Å². The van der Waals surface area contributed by atoms with Gasteiger partial charge in [0, 0.05) is 10.2 Å². The molecule has 0 spiro atoms. The molecule has 0 bridgehead atoms. The van der Waals surface area contributed by atoms with Crippen molar-refractivity contribution in [1.82, 2.24) is 4.57 Å². The number of halogens is 1. The zero-order chi connectivity index (χ0) is 15.4. The molecule has 0 aliphatic carbocycles. The zero-order valence-electron chi connectivity index (χ0n) is 11.4. The number of benzene rings is 1. The molecule has 2 rings (SSSR count). The quantitative estimate of drug-likeness (QED) is 0.899. The Balaban J connectivity index is 2.12. The highest BCUT2D eigenvalue weighted by molar-refractivity contribution is 9.10. The minimum atomic E-state index is -1.22. The topological polar surface area (TPSA) is 68.5 Å². The van der Waals surface area contributed by atoms with E-state index in [0.717, 1.165) is 4.47 Å². The summed E-state index contributed by atoms with van der Waals surface area (Å²) in [5.41, 5.74) is -0.0498. The summed E-state index contributed by atoms with van der Waals surface area (Å²) < 4.78 is 7.87. The lowest BCUT2D eigenvalue weighted by atomic mass is 10.2. The lowest BCUT2D eigenvalue weighted by Gasteiger charge is -2.12. The van der Waals surface area contributed by atoms with E-state index in [2.05, 4.69) is 15.9 Å². The number of rotatable bonds is 5. The van der Waals surface area contributed by atoms with Crippen LogP contribution in [0.25, 0.3) is 0 Å². The maximum Gasteiger partial charge on any atom is 0.341 e. The molecule has 110 valence electrons. The molecule has 5 nitrogen and oxygen atoms in total. The molecule has 0 aliphatic heterocycles. The van der Waals surface area contributed by atoms with Crippen LogP contribution in [0.2, 0.25) is 0 Å². The second kappa shape index (κ2) is 6.58. The Morgan fingerprint density at radius 2 is 2.10 bits per heavy atom. The van der Waals surface area contributed by atoms with Gasteiger partial charge in [0.05, 0.1) is 6.54 Å². The lowest BCUT2D eigenvalue weighted by Crippen LogP contribution is -2.29. The van der Waals surface area contributed by atoms with E-state index in [9.17, 15) is 9.59 Å². The van der Waals surface area contributed by atoms with E-state index in [1.165, 1.54) is 10.6 Å². The summed E-state index contributed by atoms with van der Waals surface area (Å²) >= 11 is 3.35. The molecule has 0 unspecified atom stereocenters. The highest BCUT2D eigenvalue weighted by Gasteiger charge is 2.12. The van der Waals surface area contributed by atoms with Crippen molar-refractivity contribution in [3.8, 4) is 5.75 Å². The van der Waals surface area contributed by atoms with Gasteiger partial charge in [-0.1, -0.05) is 22.0 Å². The minimum Gasteiger partial charge on any atom is -0.492 e. The van der Waals surface area contributed by atoms with Crippen molar-refractivity contribution in [2.45, 2.75) is 13.5 Å². The van der Waals surface area contributed by atoms with Gasteiger partial charge in [-0.3, -0.25) is 4.79 Å². The van der Waals surface area contributed by atoms with Crippen LogP contribution in [0, 0.1) is 6.92 Å². The van der Waals surface area contributed by atoms with Gasteiger partial charge in [-0.05, 0) is 37.3 Å². The van der Waals surface area contributed by atoms with Crippen LogP contribution >= 0.6 is 15.9 Å². The zero-order valence-corrected chi connectivity index (χ0v) is 13.0. The molecule has 0 saturated heterocycles. The Hall–Kier alpha value is -2.08. The molecule has 1 aromatic carbocycles. The van der Waals surface area contributed by atoms with Crippen molar-refractivity contribution >= 4 is 21.9 Å². The molecule has 0 saturated carbocycles. The summed E-state index contributed by atoms with van der Waals surface area (Å²) in [5, 5.41) is 8.97. The molecule has 6 heteroatoms. The number of carbonyl (C=O) groups is 1. The third-order valence-corrected chi connectivity index (χ3v) is 3.50. The third kappa shape index (κ3) is 3.72. The Morgan fingerprint density at radius 1 is 1.33 bits per heavy atom. The van der Waals surface area contributed by atoms with Crippen LogP contribution in [-0.2, 0) is 6.54 Å². The minimum absolute atomic E-state index is 0.233. The Bertz CT molecular complexity index is 724. The van der Waals surface area contributed by atoms with Gasteiger partial charge < -0.3 is 14.4 Å². The second-order valence-electron chi connectivity index (χ2n) is 4.46. The van der Waals surface area contributed by atoms with Crippen molar-refractivity contribution in [1.29, 1.82) is 0 Å². The maximum atomic E-state index is 12.0. The smallest absolute Gasteiger partial charge is 0.341 e. The molecule has 0 fully saturated rings. The lowest BCUT2D eigenvalue weighted by molar-refractivity contribution is 0.0694. The van der Waals surface area contributed by atoms with Gasteiger partial charge in [-0.25, -0.2) is 4.79 Å². The van der Waals surface area contributed by atoms with E-state index in [1.54, 1.807) is 13.0 Å². The summed E-state index contributed by atoms with van der Waals surface area (Å²) in [7, 11) is 0. The molecule has 0 aliphatic rings. The molecule has 0 radical (unpaired) electrons. The average Bonchev–Trinajstić information content (AvgIpc) is 2.42. The van der Waals surface area contributed by atoms with Crippen LogP contribution in [0.15, 0.2) is 45.7 Å². The van der Waals surface area contributed by atoms with E-state index in [-0.39, 0.29) is 18.7 Å². The number of aryl methyl sites for hydroxylation is 1. The first-order chi connectivity index (χ1) is 9.99. The van der Waals surface area contributed by atoms with Gasteiger partial charge in [0.25, 0.3) is 5.56 Å². The van der Waals surface area contributed by atoms with Crippen molar-refractivity contribution in [2.75, 3.05) is 6.61 Å². The van der Waals surface area contributed by atoms with Crippen LogP contribution in [0.4, 0.5) is 0 Å². The molecule has 1 heterocycles. The molecular formula is C15H14BrNO4. The Kier molecular flexibility index (Phi) is 4.80. The summed E-state index contributed by atoms with van der Waals surface area (Å²) in [6.07, 6.45) is 0. The van der Waals surface area contributed by atoms with Gasteiger partial charge in [0.1, 0.15) is 17.9 Å². The first-order valence-corrected chi connectivity index (χ1v) is 7.10. The first-order valence-electron chi connectivity index (χ1n) is 6.31. The first kappa shape index (κ1) is 15.3.